The van der Waals surface area contributed by atoms with Crippen molar-refractivity contribution in [1.29, 1.82) is 0 Å². The molecule has 0 aliphatic carbocycles. The number of furan rings is 1. The Morgan fingerprint density at radius 2 is 2.16 bits per heavy atom. The molecule has 1 N–H and O–H groups in total. The Balaban J connectivity index is 2.22. The lowest BCUT2D eigenvalue weighted by Gasteiger charge is -2.11. The molecule has 0 aliphatic rings. The van der Waals surface area contributed by atoms with Crippen molar-refractivity contribution in [1.82, 2.24) is 5.32 Å². The molecule has 0 radical (unpaired) electrons. The predicted octanol–water partition coefficient (Wildman–Crippen LogP) is 2.65. The number of benzene rings is 1. The van der Waals surface area contributed by atoms with Crippen LogP contribution in [-0.4, -0.2) is 19.1 Å². The molecule has 1 aromatic carbocycles. The van der Waals surface area contributed by atoms with Crippen LogP contribution in [0.4, 0.5) is 0 Å². The zero-order valence-corrected chi connectivity index (χ0v) is 11.5. The second-order valence-corrected chi connectivity index (χ2v) is 4.48. The van der Waals surface area contributed by atoms with Gasteiger partial charge in [-0.3, -0.25) is 4.79 Å². The highest BCUT2D eigenvalue weighted by Gasteiger charge is 2.16. The molecule has 1 aromatic heterocycles. The van der Waals surface area contributed by atoms with Gasteiger partial charge in [-0.25, -0.2) is 0 Å². The number of carbonyl (C=O) groups excluding carboxylic acids is 1. The molecule has 0 unspecified atom stereocenters. The van der Waals surface area contributed by atoms with E-state index in [0.29, 0.717) is 6.54 Å². The number of carbonyl (C=O) groups is 1. The van der Waals surface area contributed by atoms with E-state index in [1.165, 1.54) is 7.11 Å². The predicted molar refractivity (Wildman–Crippen MR) is 73.9 cm³/mol. The third-order valence-electron chi connectivity index (χ3n) is 3.24. The van der Waals surface area contributed by atoms with Crippen LogP contribution in [0, 0.1) is 0 Å². The van der Waals surface area contributed by atoms with Crippen LogP contribution < -0.4 is 5.32 Å². The first-order valence-electron chi connectivity index (χ1n) is 6.47. The van der Waals surface area contributed by atoms with Gasteiger partial charge in [0.15, 0.2) is 0 Å². The summed E-state index contributed by atoms with van der Waals surface area (Å²) < 4.78 is 10.5. The molecule has 0 amide bonds. The first-order valence-corrected chi connectivity index (χ1v) is 6.47. The van der Waals surface area contributed by atoms with Crippen LogP contribution in [-0.2, 0) is 22.5 Å². The minimum atomic E-state index is -0.330. The Hall–Kier alpha value is -1.81. The van der Waals surface area contributed by atoms with Gasteiger partial charge in [-0.15, -0.1) is 0 Å². The Kier molecular flexibility index (Phi) is 4.22. The van der Waals surface area contributed by atoms with Crippen molar-refractivity contribution >= 4 is 16.9 Å². The molecular weight excluding hydrogens is 242 g/mol. The van der Waals surface area contributed by atoms with Gasteiger partial charge in [0.05, 0.1) is 7.11 Å². The quantitative estimate of drug-likeness (QED) is 0.841. The Bertz CT molecular complexity index is 574. The van der Waals surface area contributed by atoms with Gasteiger partial charge in [-0.2, -0.15) is 0 Å². The average Bonchev–Trinajstić information content (AvgIpc) is 2.81. The molecule has 102 valence electrons. The number of hydrogen-bond acceptors (Lipinski definition) is 4. The monoisotopic (exact) mass is 261 g/mol. The highest BCUT2D eigenvalue weighted by Crippen LogP contribution is 2.26. The Morgan fingerprint density at radius 1 is 1.42 bits per heavy atom. The van der Waals surface area contributed by atoms with E-state index in [0.717, 1.165) is 28.7 Å². The summed E-state index contributed by atoms with van der Waals surface area (Å²) in [4.78, 5) is 11.4. The maximum atomic E-state index is 11.4. The highest BCUT2D eigenvalue weighted by atomic mass is 16.5. The molecule has 0 aliphatic heterocycles. The molecule has 4 heteroatoms. The lowest BCUT2D eigenvalue weighted by atomic mass is 10.1. The third-order valence-corrected chi connectivity index (χ3v) is 3.24. The second kappa shape index (κ2) is 5.89. The number of ether oxygens (including phenoxy) is 1. The van der Waals surface area contributed by atoms with E-state index in [1.807, 2.05) is 24.3 Å². The summed E-state index contributed by atoms with van der Waals surface area (Å²) in [5.41, 5.74) is 2.01. The maximum Gasteiger partial charge on any atom is 0.322 e. The van der Waals surface area contributed by atoms with E-state index in [1.54, 1.807) is 6.92 Å². The van der Waals surface area contributed by atoms with E-state index in [9.17, 15) is 4.79 Å². The summed E-state index contributed by atoms with van der Waals surface area (Å²) in [6.45, 7) is 4.45. The van der Waals surface area contributed by atoms with Crippen LogP contribution in [0.2, 0.25) is 0 Å². The molecule has 0 bridgehead atoms. The van der Waals surface area contributed by atoms with Crippen molar-refractivity contribution in [2.24, 2.45) is 0 Å². The fourth-order valence-corrected chi connectivity index (χ4v) is 2.14. The third kappa shape index (κ3) is 2.79. The minimum absolute atomic E-state index is 0.258. The zero-order chi connectivity index (χ0) is 13.8. The summed E-state index contributed by atoms with van der Waals surface area (Å²) in [6, 6.07) is 7.62. The van der Waals surface area contributed by atoms with Crippen molar-refractivity contribution in [3.05, 3.63) is 35.6 Å². The van der Waals surface area contributed by atoms with Gasteiger partial charge in [0.2, 0.25) is 0 Å². The van der Waals surface area contributed by atoms with Gasteiger partial charge in [-0.05, 0) is 13.0 Å². The SMILES string of the molecule is CCc1oc2ccccc2c1CN[C@@H](C)C(=O)OC. The largest absolute Gasteiger partial charge is 0.468 e. The smallest absolute Gasteiger partial charge is 0.322 e. The fourth-order valence-electron chi connectivity index (χ4n) is 2.14. The van der Waals surface area contributed by atoms with E-state index in [2.05, 4.69) is 12.2 Å². The van der Waals surface area contributed by atoms with Crippen LogP contribution in [0.1, 0.15) is 25.2 Å². The van der Waals surface area contributed by atoms with Gasteiger partial charge in [0.25, 0.3) is 0 Å². The number of aryl methyl sites for hydroxylation is 1. The minimum Gasteiger partial charge on any atom is -0.468 e. The normalized spacial score (nSPS) is 12.6. The molecule has 1 heterocycles. The van der Waals surface area contributed by atoms with Crippen molar-refractivity contribution in [3.8, 4) is 0 Å². The Morgan fingerprint density at radius 3 is 2.84 bits per heavy atom. The summed E-state index contributed by atoms with van der Waals surface area (Å²) >= 11 is 0. The van der Waals surface area contributed by atoms with Gasteiger partial charge < -0.3 is 14.5 Å². The summed E-state index contributed by atoms with van der Waals surface area (Å²) in [6.07, 6.45) is 0.832. The molecular formula is C15H19NO3. The van der Waals surface area contributed by atoms with Gasteiger partial charge >= 0.3 is 5.97 Å². The van der Waals surface area contributed by atoms with E-state index in [-0.39, 0.29) is 12.0 Å². The molecule has 0 saturated carbocycles. The van der Waals surface area contributed by atoms with Crippen LogP contribution in [0.5, 0.6) is 0 Å². The number of fused-ring (bicyclic) bond motifs is 1. The molecule has 2 rings (SSSR count). The maximum absolute atomic E-state index is 11.4. The van der Waals surface area contributed by atoms with Gasteiger partial charge in [0, 0.05) is 23.9 Å². The standard InChI is InChI=1S/C15H19NO3/c1-4-13-12(9-16-10(2)15(17)18-3)11-7-5-6-8-14(11)19-13/h5-8,10,16H,4,9H2,1-3H3/t10-/m0/s1. The number of hydrogen-bond donors (Lipinski definition) is 1. The molecule has 0 saturated heterocycles. The first kappa shape index (κ1) is 13.6. The van der Waals surface area contributed by atoms with E-state index < -0.39 is 0 Å². The van der Waals surface area contributed by atoms with Crippen LogP contribution in [0.15, 0.2) is 28.7 Å². The van der Waals surface area contributed by atoms with Gasteiger partial charge in [0.1, 0.15) is 17.4 Å². The number of rotatable bonds is 5. The van der Waals surface area contributed by atoms with Crippen LogP contribution in [0.25, 0.3) is 11.0 Å². The van der Waals surface area contributed by atoms with E-state index >= 15 is 0 Å². The fraction of sp³-hybridized carbons (Fsp3) is 0.400. The average molecular weight is 261 g/mol. The summed E-state index contributed by atoms with van der Waals surface area (Å²) in [5, 5.41) is 4.27. The summed E-state index contributed by atoms with van der Waals surface area (Å²) in [5.74, 6) is 0.705. The molecule has 19 heavy (non-hydrogen) atoms. The van der Waals surface area contributed by atoms with Crippen LogP contribution >= 0.6 is 0 Å². The molecule has 4 nitrogen and oxygen atoms in total. The highest BCUT2D eigenvalue weighted by molar-refractivity contribution is 5.82. The van der Waals surface area contributed by atoms with Crippen molar-refractivity contribution in [3.63, 3.8) is 0 Å². The van der Waals surface area contributed by atoms with Crippen molar-refractivity contribution in [2.75, 3.05) is 7.11 Å². The van der Waals surface area contributed by atoms with Crippen molar-refractivity contribution < 1.29 is 13.9 Å². The first-order chi connectivity index (χ1) is 9.17. The topological polar surface area (TPSA) is 51.5 Å². The van der Waals surface area contributed by atoms with Crippen LogP contribution in [0.3, 0.4) is 0 Å². The molecule has 0 spiro atoms. The van der Waals surface area contributed by atoms with E-state index in [4.69, 9.17) is 9.15 Å². The number of nitrogens with one attached hydrogen (secondary N) is 1. The summed E-state index contributed by atoms with van der Waals surface area (Å²) in [7, 11) is 1.39. The van der Waals surface area contributed by atoms with Gasteiger partial charge in [-0.1, -0.05) is 25.1 Å². The molecule has 2 aromatic rings. The number of methoxy groups -OCH3 is 1. The second-order valence-electron chi connectivity index (χ2n) is 4.48. The molecule has 0 fully saturated rings. The number of esters is 1. The zero-order valence-electron chi connectivity index (χ0n) is 11.5. The lowest BCUT2D eigenvalue weighted by Crippen LogP contribution is -2.34. The lowest BCUT2D eigenvalue weighted by molar-refractivity contribution is -0.142. The number of para-hydroxylation sites is 1. The Labute approximate surface area is 112 Å². The van der Waals surface area contributed by atoms with Crippen molar-refractivity contribution in [2.45, 2.75) is 32.9 Å². The molecule has 1 atom stereocenters.